The van der Waals surface area contributed by atoms with E-state index in [9.17, 15) is 24.3 Å². The van der Waals surface area contributed by atoms with Crippen LogP contribution in [0.2, 0.25) is 0 Å². The molecule has 11 heteroatoms. The smallest absolute Gasteiger partial charge is 0.338 e. The fourth-order valence-corrected chi connectivity index (χ4v) is 6.10. The third-order valence-electron chi connectivity index (χ3n) is 6.81. The van der Waals surface area contributed by atoms with Gasteiger partial charge in [0.1, 0.15) is 11.2 Å². The molecule has 0 aliphatic carbocycles. The van der Waals surface area contributed by atoms with E-state index in [1.165, 1.54) is 29.5 Å². The normalized spacial score (nSPS) is 20.9. The summed E-state index contributed by atoms with van der Waals surface area (Å²) in [6.45, 7) is 3.29. The minimum Gasteiger partial charge on any atom is -0.478 e. The Bertz CT molecular complexity index is 1250. The van der Waals surface area contributed by atoms with Gasteiger partial charge in [0.25, 0.3) is 17.7 Å². The van der Waals surface area contributed by atoms with Crippen LogP contribution in [0.1, 0.15) is 84.5 Å². The highest BCUT2D eigenvalue weighted by Gasteiger charge is 2.39. The second-order valence-corrected chi connectivity index (χ2v) is 10.5. The zero-order valence-corrected chi connectivity index (χ0v) is 21.3. The van der Waals surface area contributed by atoms with Gasteiger partial charge in [0, 0.05) is 30.0 Å². The summed E-state index contributed by atoms with van der Waals surface area (Å²) in [5.74, 6) is -2.27. The van der Waals surface area contributed by atoms with Crippen molar-refractivity contribution in [2.75, 3.05) is 25.0 Å². The lowest BCUT2D eigenvalue weighted by Gasteiger charge is -2.26. The Morgan fingerprint density at radius 1 is 1.16 bits per heavy atom. The van der Waals surface area contributed by atoms with Crippen molar-refractivity contribution >= 4 is 40.0 Å². The molecule has 0 saturated carbocycles. The molecule has 4 heterocycles. The largest absolute Gasteiger partial charge is 0.478 e. The molecule has 0 bridgehead atoms. The Morgan fingerprint density at radius 3 is 2.70 bits per heavy atom. The summed E-state index contributed by atoms with van der Waals surface area (Å²) in [7, 11) is 0. The zero-order valence-electron chi connectivity index (χ0n) is 20.5. The van der Waals surface area contributed by atoms with E-state index in [0.29, 0.717) is 29.3 Å². The molecule has 37 heavy (non-hydrogen) atoms. The molecule has 2 aromatic rings. The number of carbonyl (C=O) groups excluding carboxylic acids is 3. The lowest BCUT2D eigenvalue weighted by Crippen LogP contribution is -2.40. The third kappa shape index (κ3) is 4.98. The number of carboxylic acids is 1. The van der Waals surface area contributed by atoms with Crippen molar-refractivity contribution in [3.63, 3.8) is 0 Å². The number of nitrogens with one attached hydrogen (secondary N) is 2. The topological polar surface area (TPSA) is 134 Å². The Hall–Kier alpha value is -3.28. The van der Waals surface area contributed by atoms with E-state index in [4.69, 9.17) is 9.47 Å². The molecule has 0 spiro atoms. The van der Waals surface area contributed by atoms with Crippen LogP contribution < -0.4 is 10.6 Å². The van der Waals surface area contributed by atoms with Crippen molar-refractivity contribution in [2.24, 2.45) is 0 Å². The number of hydrogen-bond donors (Lipinski definition) is 3. The summed E-state index contributed by atoms with van der Waals surface area (Å²) in [5.41, 5.74) is 1.62. The van der Waals surface area contributed by atoms with Crippen LogP contribution in [-0.4, -0.2) is 65.7 Å². The van der Waals surface area contributed by atoms with E-state index in [2.05, 4.69) is 10.6 Å². The molecule has 1 saturated heterocycles. The highest BCUT2D eigenvalue weighted by atomic mass is 32.1. The predicted octanol–water partition coefficient (Wildman–Crippen LogP) is 3.26. The van der Waals surface area contributed by atoms with Gasteiger partial charge in [-0.2, -0.15) is 0 Å². The van der Waals surface area contributed by atoms with E-state index < -0.39 is 23.9 Å². The van der Waals surface area contributed by atoms with Gasteiger partial charge in [0.2, 0.25) is 0 Å². The van der Waals surface area contributed by atoms with Crippen molar-refractivity contribution in [1.29, 1.82) is 0 Å². The fraction of sp³-hybridized carbons (Fsp3) is 0.462. The van der Waals surface area contributed by atoms with E-state index in [-0.39, 0.29) is 48.4 Å². The van der Waals surface area contributed by atoms with Gasteiger partial charge >= 0.3 is 5.97 Å². The molecule has 10 nitrogen and oxygen atoms in total. The first-order chi connectivity index (χ1) is 17.9. The first-order valence-electron chi connectivity index (χ1n) is 12.5. The molecular weight excluding hydrogens is 498 g/mol. The standard InChI is InChI=1S/C26H29N3O7S/c1-2-8-27-22(30)14-6-7-16-17(10-14)25(32)29(24(16)31)12-15-11-18-19(13-36-15)37-23(21(18)26(33)34)28-20-5-3-4-9-35-20/h6-7,10,15,20,28H,2-5,8-9,11-13H2,1H3,(H,27,30)(H,33,34). The molecule has 0 radical (unpaired) electrons. The highest BCUT2D eigenvalue weighted by molar-refractivity contribution is 7.16. The van der Waals surface area contributed by atoms with Gasteiger partial charge in [0.15, 0.2) is 0 Å². The Morgan fingerprint density at radius 2 is 1.97 bits per heavy atom. The predicted molar refractivity (Wildman–Crippen MR) is 135 cm³/mol. The molecule has 1 aromatic heterocycles. The summed E-state index contributed by atoms with van der Waals surface area (Å²) in [6.07, 6.45) is 3.09. The molecule has 1 fully saturated rings. The first kappa shape index (κ1) is 25.4. The Kier molecular flexibility index (Phi) is 7.27. The van der Waals surface area contributed by atoms with Gasteiger partial charge in [-0.25, -0.2) is 4.79 Å². The molecule has 196 valence electrons. The van der Waals surface area contributed by atoms with Gasteiger partial charge in [-0.1, -0.05) is 6.92 Å². The van der Waals surface area contributed by atoms with E-state index in [1.54, 1.807) is 0 Å². The fourth-order valence-electron chi connectivity index (χ4n) is 4.91. The lowest BCUT2D eigenvalue weighted by atomic mass is 10.0. The average Bonchev–Trinajstić information content (AvgIpc) is 3.37. The molecule has 3 aliphatic rings. The number of carbonyl (C=O) groups is 4. The summed E-state index contributed by atoms with van der Waals surface area (Å²) < 4.78 is 11.7. The minimum absolute atomic E-state index is 0.00739. The Labute approximate surface area is 217 Å². The summed E-state index contributed by atoms with van der Waals surface area (Å²) in [4.78, 5) is 52.6. The number of imide groups is 1. The van der Waals surface area contributed by atoms with Crippen molar-refractivity contribution in [3.05, 3.63) is 50.9 Å². The van der Waals surface area contributed by atoms with Crippen LogP contribution in [0.3, 0.4) is 0 Å². The van der Waals surface area contributed by atoms with Gasteiger partial charge in [0.05, 0.1) is 35.9 Å². The van der Waals surface area contributed by atoms with Crippen LogP contribution in [-0.2, 0) is 22.5 Å². The first-order valence-corrected chi connectivity index (χ1v) is 13.3. The highest BCUT2D eigenvalue weighted by Crippen LogP contribution is 2.39. The molecule has 3 amide bonds. The van der Waals surface area contributed by atoms with Crippen LogP contribution in [0.15, 0.2) is 18.2 Å². The molecule has 3 N–H and O–H groups in total. The Balaban J connectivity index is 1.31. The van der Waals surface area contributed by atoms with Gasteiger partial charge in [-0.15, -0.1) is 11.3 Å². The number of ether oxygens (including phenoxy) is 2. The van der Waals surface area contributed by atoms with Crippen LogP contribution in [0.25, 0.3) is 0 Å². The van der Waals surface area contributed by atoms with E-state index >= 15 is 0 Å². The molecular formula is C26H29N3O7S. The molecule has 5 rings (SSSR count). The van der Waals surface area contributed by atoms with Crippen molar-refractivity contribution in [1.82, 2.24) is 10.2 Å². The molecule has 1 aromatic carbocycles. The van der Waals surface area contributed by atoms with E-state index in [1.807, 2.05) is 6.92 Å². The van der Waals surface area contributed by atoms with Crippen LogP contribution in [0.4, 0.5) is 5.00 Å². The summed E-state index contributed by atoms with van der Waals surface area (Å²) in [5, 5.41) is 16.5. The number of thiophene rings is 1. The second-order valence-electron chi connectivity index (χ2n) is 9.39. The minimum atomic E-state index is -1.04. The second kappa shape index (κ2) is 10.6. The van der Waals surface area contributed by atoms with Crippen molar-refractivity contribution in [2.45, 2.75) is 58.0 Å². The van der Waals surface area contributed by atoms with E-state index in [0.717, 1.165) is 35.5 Å². The van der Waals surface area contributed by atoms with Crippen molar-refractivity contribution in [3.8, 4) is 0 Å². The van der Waals surface area contributed by atoms with Gasteiger partial charge < -0.3 is 25.2 Å². The zero-order chi connectivity index (χ0) is 26.1. The molecule has 2 atom stereocenters. The number of hydrogen-bond acceptors (Lipinski definition) is 8. The van der Waals surface area contributed by atoms with Crippen molar-refractivity contribution < 1.29 is 33.8 Å². The van der Waals surface area contributed by atoms with Gasteiger partial charge in [-0.3, -0.25) is 19.3 Å². The van der Waals surface area contributed by atoms with Crippen LogP contribution in [0, 0.1) is 0 Å². The monoisotopic (exact) mass is 527 g/mol. The van der Waals surface area contributed by atoms with Gasteiger partial charge in [-0.05, 0) is 49.4 Å². The van der Waals surface area contributed by atoms with Crippen LogP contribution in [0.5, 0.6) is 0 Å². The number of carboxylic acid groups (broad SMARTS) is 1. The maximum absolute atomic E-state index is 13.1. The summed E-state index contributed by atoms with van der Waals surface area (Å²) in [6, 6.07) is 4.49. The number of amides is 3. The molecule has 2 unspecified atom stereocenters. The third-order valence-corrected chi connectivity index (χ3v) is 7.95. The quantitative estimate of drug-likeness (QED) is 0.446. The van der Waals surface area contributed by atoms with Crippen LogP contribution >= 0.6 is 11.3 Å². The maximum Gasteiger partial charge on any atom is 0.338 e. The maximum atomic E-state index is 13.1. The number of rotatable bonds is 8. The number of anilines is 1. The number of aromatic carboxylic acids is 1. The number of nitrogens with zero attached hydrogens (tertiary/aromatic N) is 1. The SMILES string of the molecule is CCCNC(=O)c1ccc2c(c1)C(=O)N(CC1Cc3c(sc(NC4CCCCO4)c3C(=O)O)CO1)C2=O. The average molecular weight is 528 g/mol. The number of fused-ring (bicyclic) bond motifs is 2. The molecule has 3 aliphatic heterocycles. The lowest BCUT2D eigenvalue weighted by molar-refractivity contribution is 0.00931. The summed E-state index contributed by atoms with van der Waals surface area (Å²) >= 11 is 1.35. The number of benzene rings is 1.